The molecule has 0 spiro atoms. The summed E-state index contributed by atoms with van der Waals surface area (Å²) in [5, 5.41) is 4.12. The van der Waals surface area contributed by atoms with Gasteiger partial charge in [0.15, 0.2) is 0 Å². The number of hydrogen-bond donors (Lipinski definition) is 0. The first kappa shape index (κ1) is 21.5. The molecule has 1 aromatic carbocycles. The minimum absolute atomic E-state index is 0.0480. The van der Waals surface area contributed by atoms with Crippen molar-refractivity contribution in [3.05, 3.63) is 59.9 Å². The van der Waals surface area contributed by atoms with E-state index in [9.17, 15) is 4.79 Å². The van der Waals surface area contributed by atoms with Gasteiger partial charge in [0.2, 0.25) is 11.7 Å². The van der Waals surface area contributed by atoms with Crippen LogP contribution in [0.2, 0.25) is 0 Å². The Bertz CT molecular complexity index is 1070. The average Bonchev–Trinajstić information content (AvgIpc) is 3.40. The fraction of sp³-hybridized carbons (Fsp3) is 0.458. The maximum atomic E-state index is 13.3. The smallest absolute Gasteiger partial charge is 0.320 e. The Morgan fingerprint density at radius 1 is 1.06 bits per heavy atom. The summed E-state index contributed by atoms with van der Waals surface area (Å²) in [7, 11) is 0. The van der Waals surface area contributed by atoms with Gasteiger partial charge >= 0.3 is 6.03 Å². The van der Waals surface area contributed by atoms with E-state index in [2.05, 4.69) is 51.3 Å². The zero-order chi connectivity index (χ0) is 22.6. The number of urea groups is 1. The summed E-state index contributed by atoms with van der Waals surface area (Å²) >= 11 is 0. The van der Waals surface area contributed by atoms with Gasteiger partial charge in [0.05, 0.1) is 25.3 Å². The van der Waals surface area contributed by atoms with Crippen LogP contribution in [0, 0.1) is 0 Å². The number of hydrogen-bond acceptors (Lipinski definition) is 7. The molecule has 0 aliphatic carbocycles. The molecule has 0 bridgehead atoms. The van der Waals surface area contributed by atoms with Crippen LogP contribution in [0.4, 0.5) is 4.79 Å². The molecule has 2 unspecified atom stereocenters. The molecular weight excluding hydrogens is 420 g/mol. The van der Waals surface area contributed by atoms with Crippen molar-refractivity contribution in [3.63, 3.8) is 0 Å². The minimum atomic E-state index is -0.0579. The third kappa shape index (κ3) is 4.73. The van der Waals surface area contributed by atoms with Crippen LogP contribution in [0.1, 0.15) is 42.2 Å². The second-order valence-corrected chi connectivity index (χ2v) is 8.56. The summed E-state index contributed by atoms with van der Waals surface area (Å²) in [6, 6.07) is 8.76. The largest absolute Gasteiger partial charge is 0.378 e. The van der Waals surface area contributed by atoms with E-state index in [-0.39, 0.29) is 17.9 Å². The molecule has 0 radical (unpaired) electrons. The summed E-state index contributed by atoms with van der Waals surface area (Å²) < 4.78 is 11.1. The molecule has 33 heavy (non-hydrogen) atoms. The number of piperidine rings is 1. The van der Waals surface area contributed by atoms with E-state index in [1.165, 1.54) is 11.1 Å². The lowest BCUT2D eigenvalue weighted by molar-refractivity contribution is 0.0392. The van der Waals surface area contributed by atoms with E-state index in [1.807, 2.05) is 9.80 Å². The molecule has 5 rings (SSSR count). The van der Waals surface area contributed by atoms with Gasteiger partial charge < -0.3 is 19.1 Å². The predicted molar refractivity (Wildman–Crippen MR) is 121 cm³/mol. The SMILES string of the molecule is CCc1ccc(C2CC(c3nc(-c4cnccn4)no3)CN(C(=O)N3CCOCC3)C2)cc1. The van der Waals surface area contributed by atoms with E-state index in [0.717, 1.165) is 12.8 Å². The van der Waals surface area contributed by atoms with Crippen molar-refractivity contribution in [1.82, 2.24) is 29.9 Å². The van der Waals surface area contributed by atoms with Gasteiger partial charge in [0, 0.05) is 44.5 Å². The van der Waals surface area contributed by atoms with Gasteiger partial charge in [-0.05, 0) is 24.0 Å². The Morgan fingerprint density at radius 2 is 1.85 bits per heavy atom. The maximum absolute atomic E-state index is 13.3. The summed E-state index contributed by atoms with van der Waals surface area (Å²) in [5.74, 6) is 1.08. The van der Waals surface area contributed by atoms with Gasteiger partial charge in [-0.15, -0.1) is 0 Å². The number of rotatable bonds is 4. The van der Waals surface area contributed by atoms with Crippen LogP contribution in [0.5, 0.6) is 0 Å². The fourth-order valence-electron chi connectivity index (χ4n) is 4.58. The molecule has 2 aliphatic heterocycles. The first-order valence-electron chi connectivity index (χ1n) is 11.5. The molecule has 2 atom stereocenters. The highest BCUT2D eigenvalue weighted by Crippen LogP contribution is 2.36. The highest BCUT2D eigenvalue weighted by molar-refractivity contribution is 5.75. The lowest BCUT2D eigenvalue weighted by Gasteiger charge is -2.40. The van der Waals surface area contributed by atoms with Crippen LogP contribution in [-0.2, 0) is 11.2 Å². The van der Waals surface area contributed by atoms with Crippen LogP contribution in [0.15, 0.2) is 47.4 Å². The highest BCUT2D eigenvalue weighted by Gasteiger charge is 2.36. The van der Waals surface area contributed by atoms with Gasteiger partial charge in [0.25, 0.3) is 0 Å². The summed E-state index contributed by atoms with van der Waals surface area (Å²) in [6.07, 6.45) is 6.66. The summed E-state index contributed by atoms with van der Waals surface area (Å²) in [4.78, 5) is 30.1. The molecule has 172 valence electrons. The van der Waals surface area contributed by atoms with E-state index >= 15 is 0 Å². The van der Waals surface area contributed by atoms with Crippen molar-refractivity contribution >= 4 is 6.03 Å². The Kier molecular flexibility index (Phi) is 6.30. The van der Waals surface area contributed by atoms with E-state index in [1.54, 1.807) is 18.6 Å². The number of nitrogens with zero attached hydrogens (tertiary/aromatic N) is 6. The van der Waals surface area contributed by atoms with Crippen LogP contribution in [0.25, 0.3) is 11.5 Å². The maximum Gasteiger partial charge on any atom is 0.320 e. The summed E-state index contributed by atoms with van der Waals surface area (Å²) in [6.45, 7) is 5.76. The zero-order valence-electron chi connectivity index (χ0n) is 18.8. The number of likely N-dealkylation sites (tertiary alicyclic amines) is 1. The highest BCUT2D eigenvalue weighted by atomic mass is 16.5. The second kappa shape index (κ2) is 9.66. The molecule has 9 nitrogen and oxygen atoms in total. The van der Waals surface area contributed by atoms with Gasteiger partial charge in [-0.2, -0.15) is 4.98 Å². The molecule has 2 fully saturated rings. The van der Waals surface area contributed by atoms with Gasteiger partial charge in [-0.25, -0.2) is 9.78 Å². The van der Waals surface area contributed by atoms with Crippen molar-refractivity contribution in [2.24, 2.45) is 0 Å². The monoisotopic (exact) mass is 448 g/mol. The molecule has 3 aromatic rings. The third-order valence-electron chi connectivity index (χ3n) is 6.45. The van der Waals surface area contributed by atoms with E-state index in [4.69, 9.17) is 9.26 Å². The third-order valence-corrected chi connectivity index (χ3v) is 6.45. The van der Waals surface area contributed by atoms with Crippen LogP contribution in [-0.4, -0.2) is 75.3 Å². The quantitative estimate of drug-likeness (QED) is 0.605. The second-order valence-electron chi connectivity index (χ2n) is 8.56. The first-order valence-corrected chi connectivity index (χ1v) is 11.5. The van der Waals surface area contributed by atoms with E-state index in [0.29, 0.717) is 56.8 Å². The number of morpholine rings is 1. The number of aryl methyl sites for hydroxylation is 1. The summed E-state index contributed by atoms with van der Waals surface area (Å²) in [5.41, 5.74) is 3.10. The number of ether oxygens (including phenoxy) is 1. The number of carbonyl (C=O) groups is 1. The van der Waals surface area contributed by atoms with Crippen molar-refractivity contribution < 1.29 is 14.1 Å². The van der Waals surface area contributed by atoms with Crippen molar-refractivity contribution in [3.8, 4) is 11.5 Å². The topological polar surface area (TPSA) is 97.5 Å². The predicted octanol–water partition coefficient (Wildman–Crippen LogP) is 3.11. The molecule has 2 aromatic heterocycles. The molecule has 0 saturated carbocycles. The van der Waals surface area contributed by atoms with Gasteiger partial charge in [-0.1, -0.05) is 36.3 Å². The zero-order valence-corrected chi connectivity index (χ0v) is 18.8. The van der Waals surface area contributed by atoms with Crippen LogP contribution >= 0.6 is 0 Å². The molecular formula is C24H28N6O3. The molecule has 4 heterocycles. The minimum Gasteiger partial charge on any atom is -0.378 e. The Hall–Kier alpha value is -3.33. The Balaban J connectivity index is 1.41. The number of benzene rings is 1. The van der Waals surface area contributed by atoms with Gasteiger partial charge in [-0.3, -0.25) is 4.98 Å². The van der Waals surface area contributed by atoms with Crippen molar-refractivity contribution in [2.45, 2.75) is 31.6 Å². The Labute approximate surface area is 192 Å². The molecule has 0 N–H and O–H groups in total. The lowest BCUT2D eigenvalue weighted by atomic mass is 9.84. The molecule has 2 amide bonds. The number of amides is 2. The van der Waals surface area contributed by atoms with Crippen LogP contribution < -0.4 is 0 Å². The molecule has 2 aliphatic rings. The first-order chi connectivity index (χ1) is 16.2. The van der Waals surface area contributed by atoms with Crippen molar-refractivity contribution in [1.29, 1.82) is 0 Å². The normalized spacial score (nSPS) is 21.2. The van der Waals surface area contributed by atoms with Crippen LogP contribution in [0.3, 0.4) is 0 Å². The standard InChI is InChI=1S/C24H28N6O3/c1-2-17-3-5-18(6-4-17)19-13-20(16-30(15-19)24(31)29-9-11-32-12-10-29)23-27-22(28-33-23)21-14-25-7-8-26-21/h3-8,14,19-20H,2,9-13,15-16H2,1H3. The van der Waals surface area contributed by atoms with E-state index < -0.39 is 0 Å². The average molecular weight is 449 g/mol. The number of aromatic nitrogens is 4. The van der Waals surface area contributed by atoms with Gasteiger partial charge in [0.1, 0.15) is 5.69 Å². The van der Waals surface area contributed by atoms with Crippen molar-refractivity contribution in [2.75, 3.05) is 39.4 Å². The molecule has 2 saturated heterocycles. The number of carbonyl (C=O) groups excluding carboxylic acids is 1. The lowest BCUT2D eigenvalue weighted by Crippen LogP contribution is -2.52. The molecule has 9 heteroatoms. The Morgan fingerprint density at radius 3 is 2.58 bits per heavy atom. The fourth-order valence-corrected chi connectivity index (χ4v) is 4.58.